The molecule has 5 heteroatoms. The Hall–Kier alpha value is -1.75. The third-order valence-electron chi connectivity index (χ3n) is 4.36. The molecule has 0 spiro atoms. The van der Waals surface area contributed by atoms with Crippen LogP contribution >= 0.6 is 0 Å². The van der Waals surface area contributed by atoms with Crippen LogP contribution < -0.4 is 4.90 Å². The lowest BCUT2D eigenvalue weighted by Crippen LogP contribution is -2.49. The van der Waals surface area contributed by atoms with Crippen LogP contribution in [0.5, 0.6) is 0 Å². The van der Waals surface area contributed by atoms with E-state index in [2.05, 4.69) is 28.6 Å². The molecule has 3 nitrogen and oxygen atoms in total. The summed E-state index contributed by atoms with van der Waals surface area (Å²) in [6.45, 7) is 9.93. The Kier molecular flexibility index (Phi) is 4.00. The lowest BCUT2D eigenvalue weighted by atomic mass is 10.1. The molecule has 2 aromatic rings. The van der Waals surface area contributed by atoms with Crippen LogP contribution in [0.15, 0.2) is 18.2 Å². The zero-order valence-electron chi connectivity index (χ0n) is 13.2. The largest absolute Gasteiger partial charge is 0.368 e. The van der Waals surface area contributed by atoms with E-state index in [-0.39, 0.29) is 5.52 Å². The van der Waals surface area contributed by atoms with E-state index in [4.69, 9.17) is 0 Å². The second kappa shape index (κ2) is 5.80. The van der Waals surface area contributed by atoms with Crippen molar-refractivity contribution in [2.45, 2.75) is 26.8 Å². The van der Waals surface area contributed by atoms with Crippen LogP contribution in [0.1, 0.15) is 19.5 Å². The molecule has 118 valence electrons. The molecular weight excluding hydrogens is 284 g/mol. The highest BCUT2D eigenvalue weighted by molar-refractivity contribution is 5.92. The molecule has 0 aliphatic carbocycles. The number of benzene rings is 1. The summed E-state index contributed by atoms with van der Waals surface area (Å²) >= 11 is 0. The molecule has 3 rings (SSSR count). The van der Waals surface area contributed by atoms with Gasteiger partial charge in [-0.25, -0.2) is 13.8 Å². The molecule has 1 aromatic heterocycles. The number of piperazine rings is 1. The molecule has 0 amide bonds. The Balaban J connectivity index is 1.99. The number of aryl methyl sites for hydroxylation is 1. The van der Waals surface area contributed by atoms with Gasteiger partial charge in [0.1, 0.15) is 5.52 Å². The first-order valence-corrected chi connectivity index (χ1v) is 7.71. The number of anilines is 1. The van der Waals surface area contributed by atoms with Crippen molar-refractivity contribution in [1.29, 1.82) is 0 Å². The van der Waals surface area contributed by atoms with Crippen LogP contribution in [-0.2, 0) is 0 Å². The fraction of sp³-hybridized carbons (Fsp3) is 0.471. The summed E-state index contributed by atoms with van der Waals surface area (Å²) in [6, 6.07) is 5.31. The van der Waals surface area contributed by atoms with Gasteiger partial charge in [-0.2, -0.15) is 0 Å². The molecule has 1 saturated heterocycles. The van der Waals surface area contributed by atoms with Crippen LogP contribution in [0.4, 0.5) is 14.5 Å². The van der Waals surface area contributed by atoms with Gasteiger partial charge in [-0.15, -0.1) is 0 Å². The van der Waals surface area contributed by atoms with Crippen LogP contribution in [0, 0.1) is 18.6 Å². The molecule has 2 heterocycles. The normalized spacial score (nSPS) is 16.7. The fourth-order valence-electron chi connectivity index (χ4n) is 3.08. The summed E-state index contributed by atoms with van der Waals surface area (Å²) in [5, 5.41) is 0.683. The number of halogens is 2. The van der Waals surface area contributed by atoms with E-state index in [0.29, 0.717) is 17.1 Å². The minimum Gasteiger partial charge on any atom is -0.368 e. The van der Waals surface area contributed by atoms with E-state index in [1.54, 1.807) is 6.07 Å². The van der Waals surface area contributed by atoms with Crippen molar-refractivity contribution in [1.82, 2.24) is 9.88 Å². The summed E-state index contributed by atoms with van der Waals surface area (Å²) < 4.78 is 27.5. The molecule has 0 saturated carbocycles. The van der Waals surface area contributed by atoms with Crippen molar-refractivity contribution in [2.24, 2.45) is 0 Å². The number of hydrogen-bond donors (Lipinski definition) is 0. The van der Waals surface area contributed by atoms with Gasteiger partial charge in [-0.3, -0.25) is 4.90 Å². The Bertz CT molecular complexity index is 692. The summed E-state index contributed by atoms with van der Waals surface area (Å²) in [5.74, 6) is -1.70. The highest BCUT2D eigenvalue weighted by atomic mass is 19.2. The number of aromatic nitrogens is 1. The molecule has 1 aliphatic rings. The van der Waals surface area contributed by atoms with Crippen molar-refractivity contribution in [2.75, 3.05) is 31.1 Å². The minimum atomic E-state index is -0.858. The Morgan fingerprint density at radius 1 is 1.09 bits per heavy atom. The first kappa shape index (κ1) is 15.2. The van der Waals surface area contributed by atoms with Gasteiger partial charge < -0.3 is 4.90 Å². The third kappa shape index (κ3) is 2.65. The van der Waals surface area contributed by atoms with Gasteiger partial charge in [-0.05, 0) is 39.0 Å². The van der Waals surface area contributed by atoms with Crippen molar-refractivity contribution in [3.05, 3.63) is 35.5 Å². The quantitative estimate of drug-likeness (QED) is 0.848. The highest BCUT2D eigenvalue weighted by Crippen LogP contribution is 2.30. The van der Waals surface area contributed by atoms with E-state index in [9.17, 15) is 8.78 Å². The molecule has 0 N–H and O–H groups in total. The van der Waals surface area contributed by atoms with Gasteiger partial charge in [0.25, 0.3) is 0 Å². The van der Waals surface area contributed by atoms with Crippen molar-refractivity contribution in [3.63, 3.8) is 0 Å². The highest BCUT2D eigenvalue weighted by Gasteiger charge is 2.22. The molecule has 1 aromatic carbocycles. The zero-order valence-corrected chi connectivity index (χ0v) is 13.2. The van der Waals surface area contributed by atoms with E-state index < -0.39 is 11.6 Å². The molecule has 1 aliphatic heterocycles. The summed E-state index contributed by atoms with van der Waals surface area (Å²) in [6.07, 6.45) is 0. The predicted octanol–water partition coefficient (Wildman–Crippen LogP) is 3.35. The fourth-order valence-corrected chi connectivity index (χ4v) is 3.08. The van der Waals surface area contributed by atoms with Crippen LogP contribution in [0.25, 0.3) is 10.9 Å². The SMILES string of the molecule is Cc1cc(N2CCN(C(C)C)CC2)c2ccc(F)c(F)c2n1. The molecule has 0 atom stereocenters. The maximum absolute atomic E-state index is 14.0. The second-order valence-corrected chi connectivity index (χ2v) is 6.16. The Morgan fingerprint density at radius 2 is 1.77 bits per heavy atom. The number of nitrogens with zero attached hydrogens (tertiary/aromatic N) is 3. The zero-order chi connectivity index (χ0) is 15.9. The third-order valence-corrected chi connectivity index (χ3v) is 4.36. The maximum atomic E-state index is 14.0. The van der Waals surface area contributed by atoms with Crippen LogP contribution in [0.3, 0.4) is 0 Å². The van der Waals surface area contributed by atoms with Gasteiger partial charge in [-0.1, -0.05) is 0 Å². The van der Waals surface area contributed by atoms with Crippen molar-refractivity contribution in [3.8, 4) is 0 Å². The second-order valence-electron chi connectivity index (χ2n) is 6.16. The molecular formula is C17H21F2N3. The van der Waals surface area contributed by atoms with Crippen LogP contribution in [0.2, 0.25) is 0 Å². The van der Waals surface area contributed by atoms with E-state index in [1.165, 1.54) is 6.07 Å². The first-order chi connectivity index (χ1) is 10.5. The molecule has 0 unspecified atom stereocenters. The summed E-state index contributed by atoms with van der Waals surface area (Å²) in [5.41, 5.74) is 1.78. The Labute approximate surface area is 129 Å². The average molecular weight is 305 g/mol. The van der Waals surface area contributed by atoms with Gasteiger partial charge in [0.2, 0.25) is 0 Å². The minimum absolute atomic E-state index is 0.126. The van der Waals surface area contributed by atoms with E-state index >= 15 is 0 Å². The smallest absolute Gasteiger partial charge is 0.185 e. The lowest BCUT2D eigenvalue weighted by molar-refractivity contribution is 0.209. The van der Waals surface area contributed by atoms with Gasteiger partial charge >= 0.3 is 0 Å². The number of pyridine rings is 1. The lowest BCUT2D eigenvalue weighted by Gasteiger charge is -2.38. The predicted molar refractivity (Wildman–Crippen MR) is 85.3 cm³/mol. The first-order valence-electron chi connectivity index (χ1n) is 7.71. The summed E-state index contributed by atoms with van der Waals surface area (Å²) in [7, 11) is 0. The van der Waals surface area contributed by atoms with Gasteiger partial charge in [0, 0.05) is 49.0 Å². The number of fused-ring (bicyclic) bond motifs is 1. The monoisotopic (exact) mass is 305 g/mol. The van der Waals surface area contributed by atoms with Crippen molar-refractivity contribution >= 4 is 16.6 Å². The van der Waals surface area contributed by atoms with E-state index in [0.717, 1.165) is 31.9 Å². The number of hydrogen-bond acceptors (Lipinski definition) is 3. The number of rotatable bonds is 2. The van der Waals surface area contributed by atoms with E-state index in [1.807, 2.05) is 13.0 Å². The van der Waals surface area contributed by atoms with Crippen molar-refractivity contribution < 1.29 is 8.78 Å². The maximum Gasteiger partial charge on any atom is 0.185 e. The molecule has 22 heavy (non-hydrogen) atoms. The molecule has 1 fully saturated rings. The molecule has 0 radical (unpaired) electrons. The standard InChI is InChI=1S/C17H21F2N3/c1-11(2)21-6-8-22(9-7-21)15-10-12(3)20-17-13(15)4-5-14(18)16(17)19/h4-5,10-11H,6-9H2,1-3H3. The van der Waals surface area contributed by atoms with Crippen LogP contribution in [-0.4, -0.2) is 42.1 Å². The molecule has 0 bridgehead atoms. The van der Waals surface area contributed by atoms with Gasteiger partial charge in [0.05, 0.1) is 0 Å². The van der Waals surface area contributed by atoms with Gasteiger partial charge in [0.15, 0.2) is 11.6 Å². The Morgan fingerprint density at radius 3 is 2.41 bits per heavy atom. The topological polar surface area (TPSA) is 19.4 Å². The average Bonchev–Trinajstić information content (AvgIpc) is 2.51. The summed E-state index contributed by atoms with van der Waals surface area (Å²) in [4.78, 5) is 8.85.